The average molecular weight is 441 g/mol. The van der Waals surface area contributed by atoms with Crippen molar-refractivity contribution in [2.75, 3.05) is 26.2 Å². The van der Waals surface area contributed by atoms with Crippen molar-refractivity contribution in [3.63, 3.8) is 0 Å². The molecule has 1 saturated carbocycles. The van der Waals surface area contributed by atoms with Gasteiger partial charge in [0, 0.05) is 18.0 Å². The van der Waals surface area contributed by atoms with E-state index in [1.807, 2.05) is 0 Å². The van der Waals surface area contributed by atoms with Gasteiger partial charge in [0.25, 0.3) is 0 Å². The molecule has 2 N–H and O–H groups in total. The van der Waals surface area contributed by atoms with Gasteiger partial charge in [0.2, 0.25) is 5.91 Å². The summed E-state index contributed by atoms with van der Waals surface area (Å²) >= 11 is 0. The molecule has 2 aromatic carbocycles. The Balaban J connectivity index is 1.33. The van der Waals surface area contributed by atoms with Crippen LogP contribution in [0.25, 0.3) is 22.2 Å². The Bertz CT molecular complexity index is 1130. The van der Waals surface area contributed by atoms with Gasteiger partial charge in [-0.05, 0) is 92.1 Å². The molecule has 1 amide bonds. The molecule has 1 saturated heterocycles. The SMILES string of the molecule is O=C(CN1CCCC1)NC[C@H]1C[C@@H](c2c(-c3ccc(F)cc3)[nH]c3c(F)cc(F)cc32)C1. The van der Waals surface area contributed by atoms with E-state index >= 15 is 0 Å². The first kappa shape index (κ1) is 21.1. The van der Waals surface area contributed by atoms with E-state index in [4.69, 9.17) is 0 Å². The second kappa shape index (κ2) is 8.62. The van der Waals surface area contributed by atoms with Gasteiger partial charge < -0.3 is 10.3 Å². The molecule has 0 atom stereocenters. The smallest absolute Gasteiger partial charge is 0.234 e. The molecular formula is C25H26F3N3O. The lowest BCUT2D eigenvalue weighted by atomic mass is 9.70. The van der Waals surface area contributed by atoms with E-state index in [9.17, 15) is 18.0 Å². The molecular weight excluding hydrogens is 415 g/mol. The third-order valence-corrected chi connectivity index (χ3v) is 6.80. The molecule has 32 heavy (non-hydrogen) atoms. The number of aromatic nitrogens is 1. The summed E-state index contributed by atoms with van der Waals surface area (Å²) in [5, 5.41) is 3.57. The number of likely N-dealkylation sites (tertiary alicyclic amines) is 1. The lowest BCUT2D eigenvalue weighted by Gasteiger charge is -2.36. The fourth-order valence-corrected chi connectivity index (χ4v) is 5.10. The highest BCUT2D eigenvalue weighted by molar-refractivity contribution is 5.92. The van der Waals surface area contributed by atoms with Crippen molar-refractivity contribution in [3.8, 4) is 11.3 Å². The summed E-state index contributed by atoms with van der Waals surface area (Å²) < 4.78 is 41.9. The first-order valence-electron chi connectivity index (χ1n) is 11.2. The molecule has 3 aromatic rings. The third-order valence-electron chi connectivity index (χ3n) is 6.80. The molecule has 1 aliphatic heterocycles. The summed E-state index contributed by atoms with van der Waals surface area (Å²) in [5.74, 6) is -1.11. The molecule has 1 aromatic heterocycles. The number of hydrogen-bond donors (Lipinski definition) is 2. The summed E-state index contributed by atoms with van der Waals surface area (Å²) in [5.41, 5.74) is 2.57. The molecule has 0 spiro atoms. The van der Waals surface area contributed by atoms with Crippen LogP contribution < -0.4 is 5.32 Å². The Kier molecular flexibility index (Phi) is 5.67. The largest absolute Gasteiger partial charge is 0.355 e. The van der Waals surface area contributed by atoms with Crippen molar-refractivity contribution in [2.24, 2.45) is 5.92 Å². The van der Waals surface area contributed by atoms with Crippen LogP contribution in [0.15, 0.2) is 36.4 Å². The minimum Gasteiger partial charge on any atom is -0.355 e. The van der Waals surface area contributed by atoms with Crippen LogP contribution in [-0.2, 0) is 4.79 Å². The monoisotopic (exact) mass is 441 g/mol. The summed E-state index contributed by atoms with van der Waals surface area (Å²) in [4.78, 5) is 17.5. The summed E-state index contributed by atoms with van der Waals surface area (Å²) in [7, 11) is 0. The number of nitrogens with zero attached hydrogens (tertiary/aromatic N) is 1. The van der Waals surface area contributed by atoms with Crippen LogP contribution in [0.5, 0.6) is 0 Å². The van der Waals surface area contributed by atoms with Crippen LogP contribution in [0, 0.1) is 23.4 Å². The maximum absolute atomic E-state index is 14.5. The molecule has 168 valence electrons. The van der Waals surface area contributed by atoms with Crippen molar-refractivity contribution >= 4 is 16.8 Å². The summed E-state index contributed by atoms with van der Waals surface area (Å²) in [6, 6.07) is 8.25. The minimum absolute atomic E-state index is 0.0542. The Morgan fingerprint density at radius 3 is 2.47 bits per heavy atom. The zero-order chi connectivity index (χ0) is 22.2. The van der Waals surface area contributed by atoms with Gasteiger partial charge in [-0.1, -0.05) is 0 Å². The standard InChI is InChI=1S/C25H26F3N3O/c26-18-5-3-16(4-6-18)24-23(20-11-19(27)12-21(28)25(20)30-24)17-9-15(10-17)13-29-22(32)14-31-7-1-2-8-31/h3-6,11-12,15,17,30H,1-2,7-10,13-14H2,(H,29,32)/t15-,17+. The van der Waals surface area contributed by atoms with E-state index in [0.717, 1.165) is 56.0 Å². The van der Waals surface area contributed by atoms with Crippen molar-refractivity contribution in [3.05, 3.63) is 59.4 Å². The van der Waals surface area contributed by atoms with Gasteiger partial charge in [-0.15, -0.1) is 0 Å². The lowest BCUT2D eigenvalue weighted by Crippen LogP contribution is -2.40. The van der Waals surface area contributed by atoms with Gasteiger partial charge >= 0.3 is 0 Å². The molecule has 5 rings (SSSR count). The average Bonchev–Trinajstić information content (AvgIpc) is 3.36. The summed E-state index contributed by atoms with van der Waals surface area (Å²) in [6.45, 7) is 3.03. The van der Waals surface area contributed by atoms with Gasteiger partial charge in [-0.3, -0.25) is 9.69 Å². The minimum atomic E-state index is -0.639. The first-order chi connectivity index (χ1) is 15.5. The number of nitrogens with one attached hydrogen (secondary N) is 2. The molecule has 0 bridgehead atoms. The van der Waals surface area contributed by atoms with Crippen molar-refractivity contribution < 1.29 is 18.0 Å². The van der Waals surface area contributed by atoms with Crippen molar-refractivity contribution in [2.45, 2.75) is 31.6 Å². The highest BCUT2D eigenvalue weighted by Crippen LogP contribution is 2.48. The third kappa shape index (κ3) is 4.13. The molecule has 2 aliphatic rings. The number of hydrogen-bond acceptors (Lipinski definition) is 2. The number of halogens is 3. The second-order valence-electron chi connectivity index (χ2n) is 9.05. The maximum Gasteiger partial charge on any atom is 0.234 e. The number of amides is 1. The molecule has 4 nitrogen and oxygen atoms in total. The fraction of sp³-hybridized carbons (Fsp3) is 0.400. The number of carbonyl (C=O) groups is 1. The van der Waals surface area contributed by atoms with Crippen molar-refractivity contribution in [1.29, 1.82) is 0 Å². The quantitative estimate of drug-likeness (QED) is 0.568. The highest BCUT2D eigenvalue weighted by Gasteiger charge is 2.35. The summed E-state index contributed by atoms with van der Waals surface area (Å²) in [6.07, 6.45) is 3.95. The van der Waals surface area contributed by atoms with Gasteiger partial charge in [0.15, 0.2) is 0 Å². The molecule has 0 radical (unpaired) electrons. The van der Waals surface area contributed by atoms with Crippen LogP contribution >= 0.6 is 0 Å². The van der Waals surface area contributed by atoms with E-state index in [1.165, 1.54) is 18.2 Å². The van der Waals surface area contributed by atoms with Gasteiger partial charge in [0.1, 0.15) is 17.5 Å². The van der Waals surface area contributed by atoms with E-state index in [-0.39, 0.29) is 23.2 Å². The molecule has 2 fully saturated rings. The Labute approximate surface area is 184 Å². The predicted octanol–water partition coefficient (Wildman–Crippen LogP) is 4.96. The maximum atomic E-state index is 14.5. The highest BCUT2D eigenvalue weighted by atomic mass is 19.1. The van der Waals surface area contributed by atoms with Crippen molar-refractivity contribution in [1.82, 2.24) is 15.2 Å². The molecule has 0 unspecified atom stereocenters. The van der Waals surface area contributed by atoms with Gasteiger partial charge in [-0.25, -0.2) is 13.2 Å². The molecule has 7 heteroatoms. The van der Waals surface area contributed by atoms with Gasteiger partial charge in [0.05, 0.1) is 17.8 Å². The normalized spacial score (nSPS) is 21.1. The second-order valence-corrected chi connectivity index (χ2v) is 9.05. The Morgan fingerprint density at radius 2 is 1.75 bits per heavy atom. The van der Waals surface area contributed by atoms with Crippen LogP contribution in [-0.4, -0.2) is 42.0 Å². The lowest BCUT2D eigenvalue weighted by molar-refractivity contribution is -0.122. The van der Waals surface area contributed by atoms with E-state index in [0.29, 0.717) is 30.1 Å². The Morgan fingerprint density at radius 1 is 1.03 bits per heavy atom. The van der Waals surface area contributed by atoms with Crippen LogP contribution in [0.2, 0.25) is 0 Å². The molecule has 2 heterocycles. The Hall–Kier alpha value is -2.80. The first-order valence-corrected chi connectivity index (χ1v) is 11.2. The number of carbonyl (C=O) groups excluding carboxylic acids is 1. The van der Waals surface area contributed by atoms with E-state index in [1.54, 1.807) is 12.1 Å². The topological polar surface area (TPSA) is 48.1 Å². The van der Waals surface area contributed by atoms with E-state index in [2.05, 4.69) is 15.2 Å². The number of benzene rings is 2. The fourth-order valence-electron chi connectivity index (χ4n) is 5.10. The van der Waals surface area contributed by atoms with Crippen LogP contribution in [0.1, 0.15) is 37.2 Å². The number of rotatable bonds is 6. The van der Waals surface area contributed by atoms with Crippen LogP contribution in [0.3, 0.4) is 0 Å². The zero-order valence-electron chi connectivity index (χ0n) is 17.8. The van der Waals surface area contributed by atoms with Crippen LogP contribution in [0.4, 0.5) is 13.2 Å². The zero-order valence-corrected chi connectivity index (χ0v) is 17.8. The molecule has 1 aliphatic carbocycles. The number of aromatic amines is 1. The number of fused-ring (bicyclic) bond motifs is 1. The number of H-pyrrole nitrogens is 1. The predicted molar refractivity (Wildman–Crippen MR) is 118 cm³/mol. The van der Waals surface area contributed by atoms with Gasteiger partial charge in [-0.2, -0.15) is 0 Å². The van der Waals surface area contributed by atoms with E-state index < -0.39 is 11.6 Å².